The third kappa shape index (κ3) is 4.22. The summed E-state index contributed by atoms with van der Waals surface area (Å²) in [5.74, 6) is -5.13. The van der Waals surface area contributed by atoms with Gasteiger partial charge >= 0.3 is 6.18 Å². The third-order valence-corrected chi connectivity index (χ3v) is 5.25. The van der Waals surface area contributed by atoms with Crippen molar-refractivity contribution in [2.24, 2.45) is 5.73 Å². The molecule has 3 rings (SSSR count). The number of benzene rings is 1. The number of primary amides is 1. The van der Waals surface area contributed by atoms with Crippen molar-refractivity contribution in [3.63, 3.8) is 0 Å². The molecular formula is C20H18F5N3O3. The van der Waals surface area contributed by atoms with Gasteiger partial charge in [0.05, 0.1) is 0 Å². The van der Waals surface area contributed by atoms with Gasteiger partial charge in [-0.25, -0.2) is 8.78 Å². The molecule has 166 valence electrons. The molecule has 0 aliphatic carbocycles. The van der Waals surface area contributed by atoms with E-state index in [-0.39, 0.29) is 22.5 Å². The number of nitrogens with one attached hydrogen (secondary N) is 1. The van der Waals surface area contributed by atoms with Crippen molar-refractivity contribution in [2.45, 2.75) is 44.1 Å². The van der Waals surface area contributed by atoms with Crippen LogP contribution in [0.1, 0.15) is 40.9 Å². The maximum Gasteiger partial charge on any atom is 0.417 e. The Morgan fingerprint density at radius 2 is 1.94 bits per heavy atom. The Balaban J connectivity index is 1.98. The van der Waals surface area contributed by atoms with Crippen LogP contribution in [0.25, 0.3) is 0 Å². The quantitative estimate of drug-likeness (QED) is 0.706. The van der Waals surface area contributed by atoms with Crippen LogP contribution in [0.15, 0.2) is 30.5 Å². The number of hydrogen-bond donors (Lipinski definition) is 2. The number of hydrogen-bond acceptors (Lipinski definition) is 4. The van der Waals surface area contributed by atoms with E-state index in [2.05, 4.69) is 10.3 Å². The van der Waals surface area contributed by atoms with Gasteiger partial charge in [0.15, 0.2) is 5.60 Å². The van der Waals surface area contributed by atoms with Gasteiger partial charge in [-0.2, -0.15) is 13.2 Å². The standard InChI is InChI=1S/C20H18F5N3O3/c1-9-13(21)4-3-11(15(9)22)12-8-19(2,20(23,24)25)31-16(12)18(30)28-10-5-6-27-14(7-10)17(26)29/h3-7,12,16H,8H2,1-2H3,(H2,26,29)(H,27,28,30)/t12-,16-,19+/m1/s1. The monoisotopic (exact) mass is 443 g/mol. The molecule has 11 heteroatoms. The molecule has 2 aromatic rings. The fourth-order valence-electron chi connectivity index (χ4n) is 3.45. The maximum atomic E-state index is 14.7. The van der Waals surface area contributed by atoms with E-state index in [0.29, 0.717) is 0 Å². The second-order valence-electron chi connectivity index (χ2n) is 7.44. The van der Waals surface area contributed by atoms with Gasteiger partial charge in [-0.3, -0.25) is 14.6 Å². The molecule has 1 aliphatic rings. The Kier molecular flexibility index (Phi) is 5.74. The first-order chi connectivity index (χ1) is 14.3. The number of anilines is 1. The van der Waals surface area contributed by atoms with Crippen LogP contribution < -0.4 is 11.1 Å². The van der Waals surface area contributed by atoms with Crippen LogP contribution in [0.2, 0.25) is 0 Å². The maximum absolute atomic E-state index is 14.7. The van der Waals surface area contributed by atoms with E-state index in [1.54, 1.807) is 0 Å². The lowest BCUT2D eigenvalue weighted by Gasteiger charge is -2.27. The second kappa shape index (κ2) is 7.88. The highest BCUT2D eigenvalue weighted by Gasteiger charge is 2.61. The highest BCUT2D eigenvalue weighted by Crippen LogP contribution is 2.50. The number of nitrogens with zero attached hydrogens (tertiary/aromatic N) is 1. The van der Waals surface area contributed by atoms with Gasteiger partial charge in [0.25, 0.3) is 11.8 Å². The predicted octanol–water partition coefficient (Wildman–Crippen LogP) is 3.60. The van der Waals surface area contributed by atoms with Crippen molar-refractivity contribution >= 4 is 17.5 Å². The largest absolute Gasteiger partial charge is 0.417 e. The van der Waals surface area contributed by atoms with E-state index in [1.165, 1.54) is 12.3 Å². The summed E-state index contributed by atoms with van der Waals surface area (Å²) < 4.78 is 74.3. The van der Waals surface area contributed by atoms with Crippen LogP contribution in [0.4, 0.5) is 27.6 Å². The van der Waals surface area contributed by atoms with E-state index in [1.807, 2.05) is 0 Å². The number of halogens is 5. The first-order valence-corrected chi connectivity index (χ1v) is 9.10. The van der Waals surface area contributed by atoms with Crippen LogP contribution in [0.5, 0.6) is 0 Å². The minimum atomic E-state index is -4.85. The minimum Gasteiger partial charge on any atom is -0.364 e. The summed E-state index contributed by atoms with van der Waals surface area (Å²) in [5.41, 5.74) is 1.61. The summed E-state index contributed by atoms with van der Waals surface area (Å²) in [6, 6.07) is 4.36. The molecule has 31 heavy (non-hydrogen) atoms. The molecule has 6 nitrogen and oxygen atoms in total. The molecule has 2 heterocycles. The van der Waals surface area contributed by atoms with Crippen molar-refractivity contribution < 1.29 is 36.3 Å². The van der Waals surface area contributed by atoms with E-state index in [4.69, 9.17) is 10.5 Å². The first kappa shape index (κ1) is 22.6. The van der Waals surface area contributed by atoms with Crippen LogP contribution in [-0.2, 0) is 9.53 Å². The van der Waals surface area contributed by atoms with Crippen LogP contribution in [-0.4, -0.2) is 34.7 Å². The van der Waals surface area contributed by atoms with E-state index < -0.39 is 53.7 Å². The number of rotatable bonds is 4. The van der Waals surface area contributed by atoms with Gasteiger partial charge in [-0.15, -0.1) is 0 Å². The Morgan fingerprint density at radius 3 is 2.55 bits per heavy atom. The molecule has 0 saturated carbocycles. The molecule has 3 N–H and O–H groups in total. The molecule has 0 bridgehead atoms. The third-order valence-electron chi connectivity index (χ3n) is 5.25. The number of alkyl halides is 3. The molecule has 1 aromatic carbocycles. The second-order valence-corrected chi connectivity index (χ2v) is 7.44. The first-order valence-electron chi connectivity index (χ1n) is 9.10. The number of carbonyl (C=O) groups is 2. The Morgan fingerprint density at radius 1 is 1.26 bits per heavy atom. The highest BCUT2D eigenvalue weighted by molar-refractivity contribution is 5.97. The van der Waals surface area contributed by atoms with Gasteiger partial charge in [0, 0.05) is 23.4 Å². The highest BCUT2D eigenvalue weighted by atomic mass is 19.4. The summed E-state index contributed by atoms with van der Waals surface area (Å²) in [6.07, 6.45) is -6.16. The SMILES string of the molecule is Cc1c(F)ccc([C@H]2C[C@@](C)(C(F)(F)F)O[C@H]2C(=O)Nc2ccnc(C(N)=O)c2)c1F. The molecule has 3 atom stereocenters. The van der Waals surface area contributed by atoms with Crippen LogP contribution in [0, 0.1) is 18.6 Å². The molecular weight excluding hydrogens is 425 g/mol. The molecule has 1 fully saturated rings. The number of carbonyl (C=O) groups excluding carboxylic acids is 2. The summed E-state index contributed by atoms with van der Waals surface area (Å²) in [6.45, 7) is 1.91. The Hall–Kier alpha value is -3.08. The summed E-state index contributed by atoms with van der Waals surface area (Å²) >= 11 is 0. The van der Waals surface area contributed by atoms with E-state index in [0.717, 1.165) is 32.0 Å². The summed E-state index contributed by atoms with van der Waals surface area (Å²) in [7, 11) is 0. The van der Waals surface area contributed by atoms with E-state index >= 15 is 0 Å². The lowest BCUT2D eigenvalue weighted by atomic mass is 9.85. The molecule has 1 aliphatic heterocycles. The molecule has 0 spiro atoms. The minimum absolute atomic E-state index is 0.0347. The topological polar surface area (TPSA) is 94.3 Å². The van der Waals surface area contributed by atoms with Crippen molar-refractivity contribution in [1.29, 1.82) is 0 Å². The molecule has 1 saturated heterocycles. The molecule has 0 unspecified atom stereocenters. The number of nitrogens with two attached hydrogens (primary N) is 1. The average Bonchev–Trinajstić information content (AvgIpc) is 3.05. The van der Waals surface area contributed by atoms with Gasteiger partial charge in [0.1, 0.15) is 23.4 Å². The van der Waals surface area contributed by atoms with Gasteiger partial charge in [0.2, 0.25) is 0 Å². The zero-order chi connectivity index (χ0) is 23.1. The van der Waals surface area contributed by atoms with E-state index in [9.17, 15) is 31.5 Å². The van der Waals surface area contributed by atoms with Crippen molar-refractivity contribution in [2.75, 3.05) is 5.32 Å². The predicted molar refractivity (Wildman–Crippen MR) is 99.2 cm³/mol. The zero-order valence-electron chi connectivity index (χ0n) is 16.4. The fraction of sp³-hybridized carbons (Fsp3) is 0.350. The van der Waals surface area contributed by atoms with Crippen LogP contribution >= 0.6 is 0 Å². The normalized spacial score (nSPS) is 23.6. The lowest BCUT2D eigenvalue weighted by Crippen LogP contribution is -2.43. The number of amides is 2. The van der Waals surface area contributed by atoms with Crippen molar-refractivity contribution in [3.05, 3.63) is 58.9 Å². The Bertz CT molecular complexity index is 1040. The number of pyridine rings is 1. The summed E-state index contributed by atoms with van der Waals surface area (Å²) in [5, 5.41) is 2.34. The zero-order valence-corrected chi connectivity index (χ0v) is 16.4. The van der Waals surface area contributed by atoms with Gasteiger partial charge < -0.3 is 15.8 Å². The summed E-state index contributed by atoms with van der Waals surface area (Å²) in [4.78, 5) is 27.8. The number of ether oxygens (including phenoxy) is 1. The number of aromatic nitrogens is 1. The van der Waals surface area contributed by atoms with Gasteiger partial charge in [-0.05, 0) is 44.0 Å². The molecule has 1 aromatic heterocycles. The van der Waals surface area contributed by atoms with Gasteiger partial charge in [-0.1, -0.05) is 6.07 Å². The smallest absolute Gasteiger partial charge is 0.364 e. The average molecular weight is 443 g/mol. The Labute approximate surface area is 173 Å². The van der Waals surface area contributed by atoms with Crippen molar-refractivity contribution in [3.8, 4) is 0 Å². The molecule has 2 amide bonds. The van der Waals surface area contributed by atoms with Crippen LogP contribution in [0.3, 0.4) is 0 Å². The molecule has 0 radical (unpaired) electrons. The van der Waals surface area contributed by atoms with Crippen molar-refractivity contribution in [1.82, 2.24) is 4.98 Å². The fourth-order valence-corrected chi connectivity index (χ4v) is 3.45. The lowest BCUT2D eigenvalue weighted by molar-refractivity contribution is -0.261.